The van der Waals surface area contributed by atoms with E-state index in [2.05, 4.69) is 0 Å². The molecule has 0 aromatic heterocycles. The van der Waals surface area contributed by atoms with E-state index < -0.39 is 37.0 Å². The molecule has 4 atom stereocenters. The Hall–Kier alpha value is 0.0103. The van der Waals surface area contributed by atoms with Crippen molar-refractivity contribution in [2.24, 2.45) is 0 Å². The standard InChI is InChI=1S/C6H12O7.Ag/c7-1-2(8)3(9)4(10)5(11)6(12)13;/h2-5,7-11H,1H2,(H,12,13);. The largest absolute Gasteiger partial charge is 0.479 e. The number of aliphatic hydroxyl groups is 5. The van der Waals surface area contributed by atoms with Crippen molar-refractivity contribution < 1.29 is 57.8 Å². The topological polar surface area (TPSA) is 138 Å². The summed E-state index contributed by atoms with van der Waals surface area (Å²) >= 11 is 0. The summed E-state index contributed by atoms with van der Waals surface area (Å²) in [4.78, 5) is 10.1. The van der Waals surface area contributed by atoms with Gasteiger partial charge in [0.15, 0.2) is 6.10 Å². The van der Waals surface area contributed by atoms with E-state index in [0.717, 1.165) is 0 Å². The number of aliphatic hydroxyl groups excluding tert-OH is 5. The van der Waals surface area contributed by atoms with Crippen molar-refractivity contribution in [1.29, 1.82) is 0 Å². The van der Waals surface area contributed by atoms with Gasteiger partial charge in [-0.05, 0) is 0 Å². The molecule has 89 valence electrons. The van der Waals surface area contributed by atoms with Crippen LogP contribution in [0, 0.1) is 0 Å². The van der Waals surface area contributed by atoms with Gasteiger partial charge in [0.25, 0.3) is 0 Å². The number of carboxylic acid groups (broad SMARTS) is 1. The van der Waals surface area contributed by atoms with Crippen LogP contribution in [0.5, 0.6) is 0 Å². The van der Waals surface area contributed by atoms with E-state index in [1.807, 2.05) is 0 Å². The maximum absolute atomic E-state index is 10.1. The van der Waals surface area contributed by atoms with Crippen LogP contribution in [-0.4, -0.2) is 67.6 Å². The average molecular weight is 304 g/mol. The number of aliphatic carboxylic acids is 1. The monoisotopic (exact) mass is 303 g/mol. The van der Waals surface area contributed by atoms with Gasteiger partial charge in [-0.3, -0.25) is 0 Å². The van der Waals surface area contributed by atoms with Gasteiger partial charge in [-0.1, -0.05) is 0 Å². The zero-order valence-electron chi connectivity index (χ0n) is 6.91. The summed E-state index contributed by atoms with van der Waals surface area (Å²) in [5.74, 6) is -1.73. The molecule has 6 N–H and O–H groups in total. The first-order valence-electron chi connectivity index (χ1n) is 3.47. The molecule has 0 amide bonds. The van der Waals surface area contributed by atoms with Gasteiger partial charge in [0.2, 0.25) is 0 Å². The normalized spacial score (nSPS) is 18.9. The molecule has 14 heavy (non-hydrogen) atoms. The Balaban J connectivity index is 0. The third-order valence-corrected chi connectivity index (χ3v) is 1.51. The molecule has 7 nitrogen and oxygen atoms in total. The van der Waals surface area contributed by atoms with E-state index in [1.165, 1.54) is 0 Å². The first-order chi connectivity index (χ1) is 5.91. The van der Waals surface area contributed by atoms with Crippen molar-refractivity contribution in [1.82, 2.24) is 0 Å². The van der Waals surface area contributed by atoms with Gasteiger partial charge in [-0.15, -0.1) is 0 Å². The number of carboxylic acids is 1. The molecule has 0 rings (SSSR count). The zero-order chi connectivity index (χ0) is 10.6. The van der Waals surface area contributed by atoms with Gasteiger partial charge in [0, 0.05) is 22.4 Å². The van der Waals surface area contributed by atoms with E-state index in [1.54, 1.807) is 0 Å². The predicted molar refractivity (Wildman–Crippen MR) is 38.7 cm³/mol. The van der Waals surface area contributed by atoms with Gasteiger partial charge in [-0.25, -0.2) is 4.79 Å². The van der Waals surface area contributed by atoms with Crippen molar-refractivity contribution in [2.75, 3.05) is 6.61 Å². The third-order valence-electron chi connectivity index (χ3n) is 1.51. The van der Waals surface area contributed by atoms with Crippen LogP contribution < -0.4 is 0 Å². The summed E-state index contributed by atoms with van der Waals surface area (Å²) in [7, 11) is 0. The molecule has 0 saturated carbocycles. The minimum Gasteiger partial charge on any atom is -0.479 e. The second kappa shape index (κ2) is 7.32. The molecule has 0 aliphatic heterocycles. The Kier molecular flexibility index (Phi) is 8.60. The van der Waals surface area contributed by atoms with Crippen molar-refractivity contribution in [2.45, 2.75) is 24.4 Å². The third kappa shape index (κ3) is 4.49. The van der Waals surface area contributed by atoms with Crippen molar-refractivity contribution in [3.63, 3.8) is 0 Å². The molecule has 0 aliphatic rings. The SMILES string of the molecule is O=C(O)C(O)C(O)C(O)C(O)CO.[Ag]. The summed E-state index contributed by atoms with van der Waals surface area (Å²) in [5, 5.41) is 51.8. The second-order valence-electron chi connectivity index (χ2n) is 2.51. The van der Waals surface area contributed by atoms with E-state index in [0.29, 0.717) is 0 Å². The van der Waals surface area contributed by atoms with Crippen molar-refractivity contribution in [3.05, 3.63) is 0 Å². The molecule has 1 radical (unpaired) electrons. The quantitative estimate of drug-likeness (QED) is 0.290. The van der Waals surface area contributed by atoms with E-state index in [9.17, 15) is 4.79 Å². The zero-order valence-corrected chi connectivity index (χ0v) is 8.39. The summed E-state index contributed by atoms with van der Waals surface area (Å²) in [6.45, 7) is -0.843. The van der Waals surface area contributed by atoms with Gasteiger partial charge in [-0.2, -0.15) is 0 Å². The van der Waals surface area contributed by atoms with E-state index >= 15 is 0 Å². The molecular weight excluding hydrogens is 292 g/mol. The van der Waals surface area contributed by atoms with Gasteiger partial charge in [0.1, 0.15) is 18.3 Å². The summed E-state index contributed by atoms with van der Waals surface area (Å²) in [6.07, 6.45) is -7.84. The second-order valence-corrected chi connectivity index (χ2v) is 2.51. The van der Waals surface area contributed by atoms with Crippen LogP contribution in [0.2, 0.25) is 0 Å². The number of rotatable bonds is 5. The van der Waals surface area contributed by atoms with Crippen molar-refractivity contribution in [3.8, 4) is 0 Å². The fourth-order valence-corrected chi connectivity index (χ4v) is 0.668. The van der Waals surface area contributed by atoms with Crippen molar-refractivity contribution >= 4 is 5.97 Å². The smallest absolute Gasteiger partial charge is 0.335 e. The molecule has 0 aromatic rings. The van der Waals surface area contributed by atoms with Crippen LogP contribution in [0.4, 0.5) is 0 Å². The summed E-state index contributed by atoms with van der Waals surface area (Å²) in [6, 6.07) is 0. The van der Waals surface area contributed by atoms with Crippen LogP contribution in [0.15, 0.2) is 0 Å². The summed E-state index contributed by atoms with van der Waals surface area (Å²) < 4.78 is 0. The Bertz CT molecular complexity index is 176. The minimum atomic E-state index is -2.20. The van der Waals surface area contributed by atoms with Gasteiger partial charge in [0.05, 0.1) is 6.61 Å². The predicted octanol–water partition coefficient (Wildman–Crippen LogP) is -3.50. The summed E-state index contributed by atoms with van der Waals surface area (Å²) in [5.41, 5.74) is 0. The number of hydrogen-bond acceptors (Lipinski definition) is 6. The van der Waals surface area contributed by atoms with Crippen LogP contribution in [0.1, 0.15) is 0 Å². The molecule has 0 bridgehead atoms. The maximum Gasteiger partial charge on any atom is 0.335 e. The first-order valence-corrected chi connectivity index (χ1v) is 3.47. The molecule has 4 unspecified atom stereocenters. The van der Waals surface area contributed by atoms with Crippen LogP contribution in [0.3, 0.4) is 0 Å². The van der Waals surface area contributed by atoms with Crippen LogP contribution in [0.25, 0.3) is 0 Å². The first kappa shape index (κ1) is 16.4. The average Bonchev–Trinajstić information content (AvgIpc) is 2.12. The Morgan fingerprint density at radius 2 is 1.50 bits per heavy atom. The minimum absolute atomic E-state index is 0. The molecule has 0 aliphatic carbocycles. The van der Waals surface area contributed by atoms with Crippen LogP contribution in [-0.2, 0) is 27.2 Å². The Labute approximate surface area is 95.1 Å². The molecule has 0 fully saturated rings. The van der Waals surface area contributed by atoms with Gasteiger partial charge < -0.3 is 30.6 Å². The van der Waals surface area contributed by atoms with Gasteiger partial charge >= 0.3 is 5.97 Å². The van der Waals surface area contributed by atoms with E-state index in [4.69, 9.17) is 30.6 Å². The molecular formula is C6H12AgO7. The number of hydrogen-bond donors (Lipinski definition) is 6. The molecule has 0 heterocycles. The Morgan fingerprint density at radius 3 is 1.79 bits per heavy atom. The molecule has 0 saturated heterocycles. The van der Waals surface area contributed by atoms with E-state index in [-0.39, 0.29) is 22.4 Å². The molecule has 0 spiro atoms. The van der Waals surface area contributed by atoms with Crippen LogP contribution >= 0.6 is 0 Å². The molecule has 8 heteroatoms. The molecule has 0 aromatic carbocycles. The number of carbonyl (C=O) groups is 1. The fraction of sp³-hybridized carbons (Fsp3) is 0.833. The Morgan fingerprint density at radius 1 is 1.07 bits per heavy atom. The maximum atomic E-state index is 10.1. The fourth-order valence-electron chi connectivity index (χ4n) is 0.668.